The first-order chi connectivity index (χ1) is 7.27. The summed E-state index contributed by atoms with van der Waals surface area (Å²) in [5.74, 6) is 1.72. The third-order valence-corrected chi connectivity index (χ3v) is 3.81. The van der Waals surface area contributed by atoms with Crippen LogP contribution in [0.4, 0.5) is 0 Å². The van der Waals surface area contributed by atoms with Crippen LogP contribution in [0.15, 0.2) is 24.3 Å². The van der Waals surface area contributed by atoms with E-state index in [1.165, 1.54) is 32.1 Å². The van der Waals surface area contributed by atoms with Crippen molar-refractivity contribution in [3.63, 3.8) is 0 Å². The minimum absolute atomic E-state index is 0.830. The third kappa shape index (κ3) is 2.62. The van der Waals surface area contributed by atoms with Gasteiger partial charge in [0.05, 0.1) is 0 Å². The standard InChI is InChI=1S/C15H22/c1-12(2)14-9-5-3-7-13-8-4-6-10-15(13)11-14/h4,6,8,10,12,14H,3,5,7,9,11H2,1-2H3. The summed E-state index contributed by atoms with van der Waals surface area (Å²) < 4.78 is 0. The molecule has 1 aliphatic rings. The zero-order valence-electron chi connectivity index (χ0n) is 10.00. The molecule has 82 valence electrons. The van der Waals surface area contributed by atoms with Gasteiger partial charge in [0, 0.05) is 0 Å². The highest BCUT2D eigenvalue weighted by molar-refractivity contribution is 5.28. The Morgan fingerprint density at radius 2 is 1.80 bits per heavy atom. The van der Waals surface area contributed by atoms with Crippen molar-refractivity contribution in [3.8, 4) is 0 Å². The fraction of sp³-hybridized carbons (Fsp3) is 0.600. The van der Waals surface area contributed by atoms with Gasteiger partial charge in [0.15, 0.2) is 0 Å². The van der Waals surface area contributed by atoms with Crippen LogP contribution in [0.3, 0.4) is 0 Å². The van der Waals surface area contributed by atoms with E-state index in [0.717, 1.165) is 11.8 Å². The Bertz CT molecular complexity index is 312. The quantitative estimate of drug-likeness (QED) is 0.639. The number of hydrogen-bond acceptors (Lipinski definition) is 0. The largest absolute Gasteiger partial charge is 0.0625 e. The molecule has 0 radical (unpaired) electrons. The molecule has 0 amide bonds. The maximum Gasteiger partial charge on any atom is -0.0245 e. The minimum atomic E-state index is 0.830. The van der Waals surface area contributed by atoms with E-state index in [1.807, 2.05) is 0 Å². The maximum atomic E-state index is 2.37. The van der Waals surface area contributed by atoms with Gasteiger partial charge in [-0.1, -0.05) is 44.5 Å². The average Bonchev–Trinajstić information content (AvgIpc) is 2.18. The summed E-state index contributed by atoms with van der Waals surface area (Å²) in [5.41, 5.74) is 3.21. The lowest BCUT2D eigenvalue weighted by molar-refractivity contribution is 0.339. The molecule has 0 heteroatoms. The normalized spacial score (nSPS) is 21.9. The van der Waals surface area contributed by atoms with Crippen molar-refractivity contribution in [2.75, 3.05) is 0 Å². The van der Waals surface area contributed by atoms with Crippen LogP contribution in [0.2, 0.25) is 0 Å². The Kier molecular flexibility index (Phi) is 3.45. The Hall–Kier alpha value is -0.780. The van der Waals surface area contributed by atoms with Crippen LogP contribution in [0.5, 0.6) is 0 Å². The lowest BCUT2D eigenvalue weighted by atomic mass is 9.81. The molecule has 0 spiro atoms. The first-order valence-electron chi connectivity index (χ1n) is 6.34. The van der Waals surface area contributed by atoms with E-state index in [9.17, 15) is 0 Å². The van der Waals surface area contributed by atoms with Crippen molar-refractivity contribution in [2.24, 2.45) is 11.8 Å². The highest BCUT2D eigenvalue weighted by Gasteiger charge is 2.17. The monoisotopic (exact) mass is 202 g/mol. The molecule has 1 atom stereocenters. The van der Waals surface area contributed by atoms with Crippen molar-refractivity contribution in [3.05, 3.63) is 35.4 Å². The first-order valence-corrected chi connectivity index (χ1v) is 6.34. The number of hydrogen-bond donors (Lipinski definition) is 0. The second-order valence-corrected chi connectivity index (χ2v) is 5.22. The maximum absolute atomic E-state index is 2.37. The fourth-order valence-corrected chi connectivity index (χ4v) is 2.68. The van der Waals surface area contributed by atoms with Crippen LogP contribution in [-0.2, 0) is 12.8 Å². The molecule has 0 nitrogen and oxygen atoms in total. The molecule has 1 unspecified atom stereocenters. The van der Waals surface area contributed by atoms with Gasteiger partial charge in [-0.15, -0.1) is 0 Å². The van der Waals surface area contributed by atoms with Gasteiger partial charge in [-0.25, -0.2) is 0 Å². The van der Waals surface area contributed by atoms with Crippen molar-refractivity contribution < 1.29 is 0 Å². The van der Waals surface area contributed by atoms with Gasteiger partial charge in [0.1, 0.15) is 0 Å². The number of fused-ring (bicyclic) bond motifs is 1. The van der Waals surface area contributed by atoms with Gasteiger partial charge in [0.25, 0.3) is 0 Å². The highest BCUT2D eigenvalue weighted by atomic mass is 14.2. The summed E-state index contributed by atoms with van der Waals surface area (Å²) in [6.07, 6.45) is 6.80. The SMILES string of the molecule is CC(C)C1CCCCc2ccccc2C1. The van der Waals surface area contributed by atoms with E-state index >= 15 is 0 Å². The predicted molar refractivity (Wildman–Crippen MR) is 66.0 cm³/mol. The summed E-state index contributed by atoms with van der Waals surface area (Å²) in [4.78, 5) is 0. The van der Waals surface area contributed by atoms with E-state index in [2.05, 4.69) is 38.1 Å². The molecule has 1 aliphatic carbocycles. The Morgan fingerprint density at radius 1 is 1.07 bits per heavy atom. The summed E-state index contributed by atoms with van der Waals surface area (Å²) in [6.45, 7) is 4.74. The van der Waals surface area contributed by atoms with Crippen molar-refractivity contribution >= 4 is 0 Å². The van der Waals surface area contributed by atoms with E-state index in [4.69, 9.17) is 0 Å². The molecular formula is C15H22. The second-order valence-electron chi connectivity index (χ2n) is 5.22. The molecule has 0 saturated heterocycles. The topological polar surface area (TPSA) is 0 Å². The van der Waals surface area contributed by atoms with Crippen LogP contribution in [-0.4, -0.2) is 0 Å². The molecule has 1 aromatic carbocycles. The lowest BCUT2D eigenvalue weighted by Crippen LogP contribution is -2.15. The van der Waals surface area contributed by atoms with Crippen molar-refractivity contribution in [1.29, 1.82) is 0 Å². The van der Waals surface area contributed by atoms with Gasteiger partial charge >= 0.3 is 0 Å². The van der Waals surface area contributed by atoms with Gasteiger partial charge in [-0.05, 0) is 48.6 Å². The zero-order valence-corrected chi connectivity index (χ0v) is 10.00. The van der Waals surface area contributed by atoms with E-state index in [0.29, 0.717) is 0 Å². The van der Waals surface area contributed by atoms with Crippen LogP contribution in [0, 0.1) is 11.8 Å². The van der Waals surface area contributed by atoms with Crippen molar-refractivity contribution in [1.82, 2.24) is 0 Å². The molecular weight excluding hydrogens is 180 g/mol. The minimum Gasteiger partial charge on any atom is -0.0625 e. The predicted octanol–water partition coefficient (Wildman–Crippen LogP) is 4.23. The second kappa shape index (κ2) is 4.83. The van der Waals surface area contributed by atoms with E-state index in [-0.39, 0.29) is 0 Å². The molecule has 15 heavy (non-hydrogen) atoms. The third-order valence-electron chi connectivity index (χ3n) is 3.81. The Labute approximate surface area is 93.7 Å². The highest BCUT2D eigenvalue weighted by Crippen LogP contribution is 2.28. The van der Waals surface area contributed by atoms with Crippen LogP contribution >= 0.6 is 0 Å². The Balaban J connectivity index is 2.21. The summed E-state index contributed by atoms with van der Waals surface area (Å²) in [6, 6.07) is 9.02. The van der Waals surface area contributed by atoms with Gasteiger partial charge in [-0.2, -0.15) is 0 Å². The Morgan fingerprint density at radius 3 is 2.53 bits per heavy atom. The molecule has 1 aromatic rings. The summed E-state index contributed by atoms with van der Waals surface area (Å²) >= 11 is 0. The molecule has 0 fully saturated rings. The van der Waals surface area contributed by atoms with Crippen LogP contribution < -0.4 is 0 Å². The first kappa shape index (κ1) is 10.7. The molecule has 0 bridgehead atoms. The van der Waals surface area contributed by atoms with E-state index in [1.54, 1.807) is 11.1 Å². The number of aryl methyl sites for hydroxylation is 1. The van der Waals surface area contributed by atoms with Crippen molar-refractivity contribution in [2.45, 2.75) is 46.0 Å². The van der Waals surface area contributed by atoms with E-state index < -0.39 is 0 Å². The van der Waals surface area contributed by atoms with Gasteiger partial charge < -0.3 is 0 Å². The van der Waals surface area contributed by atoms with Crippen LogP contribution in [0.25, 0.3) is 0 Å². The number of rotatable bonds is 1. The molecule has 2 rings (SSSR count). The molecule has 0 N–H and O–H groups in total. The number of benzene rings is 1. The van der Waals surface area contributed by atoms with Gasteiger partial charge in [-0.3, -0.25) is 0 Å². The molecule has 0 saturated carbocycles. The molecule has 0 heterocycles. The average molecular weight is 202 g/mol. The lowest BCUT2D eigenvalue weighted by Gasteiger charge is -2.24. The molecule has 0 aromatic heterocycles. The summed E-state index contributed by atoms with van der Waals surface area (Å²) in [7, 11) is 0. The fourth-order valence-electron chi connectivity index (χ4n) is 2.68. The van der Waals surface area contributed by atoms with Gasteiger partial charge in [0.2, 0.25) is 0 Å². The summed E-state index contributed by atoms with van der Waals surface area (Å²) in [5, 5.41) is 0. The molecule has 0 aliphatic heterocycles. The smallest absolute Gasteiger partial charge is 0.0245 e. The zero-order chi connectivity index (χ0) is 10.7. The van der Waals surface area contributed by atoms with Crippen LogP contribution in [0.1, 0.15) is 44.2 Å².